The molecule has 0 heterocycles. The second kappa shape index (κ2) is 4.08. The van der Waals surface area contributed by atoms with Crippen LogP contribution in [0.5, 0.6) is 0 Å². The molecule has 0 unspecified atom stereocenters. The van der Waals surface area contributed by atoms with E-state index in [1.54, 1.807) is 0 Å². The van der Waals surface area contributed by atoms with Crippen molar-refractivity contribution in [1.82, 2.24) is 5.32 Å². The molecule has 0 saturated heterocycles. The molecular weight excluding hydrogens is 114 g/mol. The van der Waals surface area contributed by atoms with Crippen molar-refractivity contribution in [2.75, 3.05) is 12.4 Å². The summed E-state index contributed by atoms with van der Waals surface area (Å²) in [5, 5.41) is 2.54. The van der Waals surface area contributed by atoms with E-state index in [2.05, 4.69) is 12.2 Å². The molecule has 0 aliphatic carbocycles. The molecule has 0 spiro atoms. The topological polar surface area (TPSA) is 46.2 Å². The van der Waals surface area contributed by atoms with Gasteiger partial charge in [-0.1, -0.05) is 0 Å². The summed E-state index contributed by atoms with van der Waals surface area (Å²) in [7, 11) is -2.26. The maximum Gasteiger partial charge on any atom is 0.153 e. The lowest BCUT2D eigenvalue weighted by Gasteiger charge is -1.86. The van der Waals surface area contributed by atoms with E-state index in [0.717, 1.165) is 0 Å². The standard InChI is InChI=1S/C3H8NO2S/c1-2-4-3-7(5)6/h4,7H,1-3H2. The molecule has 0 aromatic carbocycles. The molecule has 43 valence electrons. The Kier molecular flexibility index (Phi) is 4.03. The summed E-state index contributed by atoms with van der Waals surface area (Å²) < 4.78 is 19.4. The lowest BCUT2D eigenvalue weighted by atomic mass is 10.8. The van der Waals surface area contributed by atoms with Gasteiger partial charge < -0.3 is 5.32 Å². The zero-order chi connectivity index (χ0) is 5.70. The number of rotatable bonds is 3. The minimum atomic E-state index is -2.26. The Morgan fingerprint density at radius 3 is 2.29 bits per heavy atom. The third-order valence-corrected chi connectivity index (χ3v) is 0.899. The van der Waals surface area contributed by atoms with Gasteiger partial charge in [-0.15, -0.1) is 0 Å². The fraction of sp³-hybridized carbons (Fsp3) is 0.667. The van der Waals surface area contributed by atoms with Gasteiger partial charge in [-0.05, 0) is 13.5 Å². The van der Waals surface area contributed by atoms with Gasteiger partial charge in [-0.3, -0.25) is 0 Å². The second-order valence-electron chi connectivity index (χ2n) is 0.991. The van der Waals surface area contributed by atoms with Crippen molar-refractivity contribution in [1.29, 1.82) is 0 Å². The van der Waals surface area contributed by atoms with Crippen LogP contribution >= 0.6 is 0 Å². The summed E-state index contributed by atoms with van der Waals surface area (Å²) in [6, 6.07) is 0. The van der Waals surface area contributed by atoms with Crippen molar-refractivity contribution < 1.29 is 8.42 Å². The van der Waals surface area contributed by atoms with Gasteiger partial charge in [0.05, 0.1) is 5.88 Å². The summed E-state index contributed by atoms with van der Waals surface area (Å²) in [6.07, 6.45) is 0. The highest BCUT2D eigenvalue weighted by atomic mass is 32.2. The van der Waals surface area contributed by atoms with Crippen LogP contribution in [0.25, 0.3) is 0 Å². The van der Waals surface area contributed by atoms with Crippen molar-refractivity contribution in [2.45, 2.75) is 0 Å². The highest BCUT2D eigenvalue weighted by molar-refractivity contribution is 7.72. The Hall–Kier alpha value is -0.0900. The number of nitrogens with one attached hydrogen (secondary N) is 1. The Labute approximate surface area is 44.7 Å². The number of thiol groups is 1. The minimum absolute atomic E-state index is 0.0405. The van der Waals surface area contributed by atoms with Crippen molar-refractivity contribution in [3.8, 4) is 0 Å². The Bertz CT molecular complexity index is 91.1. The second-order valence-corrected chi connectivity index (χ2v) is 1.97. The van der Waals surface area contributed by atoms with Crippen LogP contribution < -0.4 is 5.32 Å². The molecule has 0 aliphatic rings. The molecule has 0 fully saturated rings. The molecule has 0 amide bonds. The van der Waals surface area contributed by atoms with E-state index in [4.69, 9.17) is 0 Å². The first-order valence-electron chi connectivity index (χ1n) is 1.89. The monoisotopic (exact) mass is 122 g/mol. The third kappa shape index (κ3) is 5.91. The molecule has 0 aromatic rings. The van der Waals surface area contributed by atoms with Gasteiger partial charge in [0, 0.05) is 0 Å². The number of hydrogen-bond acceptors (Lipinski definition) is 3. The van der Waals surface area contributed by atoms with Gasteiger partial charge in [0.1, 0.15) is 0 Å². The summed E-state index contributed by atoms with van der Waals surface area (Å²) in [4.78, 5) is 0. The average Bonchev–Trinajstić information content (AvgIpc) is 1.61. The van der Waals surface area contributed by atoms with E-state index in [1.165, 1.54) is 0 Å². The first-order valence-corrected chi connectivity index (χ1v) is 3.25. The zero-order valence-electron chi connectivity index (χ0n) is 3.89. The SMILES string of the molecule is [CH2]CNC[SH](=O)=O. The first kappa shape index (κ1) is 6.91. The maximum absolute atomic E-state index is 9.70. The summed E-state index contributed by atoms with van der Waals surface area (Å²) in [5.41, 5.74) is 0. The Morgan fingerprint density at radius 1 is 1.57 bits per heavy atom. The quantitative estimate of drug-likeness (QED) is 0.471. The molecule has 7 heavy (non-hydrogen) atoms. The molecular formula is C3H8NO2S. The van der Waals surface area contributed by atoms with Crippen LogP contribution in [0.3, 0.4) is 0 Å². The predicted molar refractivity (Wildman–Crippen MR) is 28.5 cm³/mol. The van der Waals surface area contributed by atoms with Crippen LogP contribution in [0, 0.1) is 6.92 Å². The fourth-order valence-corrected chi connectivity index (χ4v) is 0.511. The van der Waals surface area contributed by atoms with E-state index in [-0.39, 0.29) is 5.88 Å². The highest BCUT2D eigenvalue weighted by Crippen LogP contribution is 1.55. The molecule has 1 radical (unpaired) electrons. The van der Waals surface area contributed by atoms with Gasteiger partial charge in [0.15, 0.2) is 10.7 Å². The Balaban J connectivity index is 2.98. The van der Waals surface area contributed by atoms with Gasteiger partial charge in [-0.2, -0.15) is 0 Å². The Morgan fingerprint density at radius 2 is 2.14 bits per heavy atom. The summed E-state index contributed by atoms with van der Waals surface area (Å²) in [5.74, 6) is 0.0405. The summed E-state index contributed by atoms with van der Waals surface area (Å²) >= 11 is 0. The van der Waals surface area contributed by atoms with E-state index >= 15 is 0 Å². The maximum atomic E-state index is 9.70. The number of hydrogen-bond donors (Lipinski definition) is 2. The molecule has 0 atom stereocenters. The zero-order valence-corrected chi connectivity index (χ0v) is 4.78. The average molecular weight is 122 g/mol. The molecule has 4 heteroatoms. The van der Waals surface area contributed by atoms with Crippen molar-refractivity contribution in [3.05, 3.63) is 6.92 Å². The lowest BCUT2D eigenvalue weighted by Crippen LogP contribution is -2.14. The fourth-order valence-electron chi connectivity index (χ4n) is 0.170. The van der Waals surface area contributed by atoms with E-state index in [0.29, 0.717) is 6.54 Å². The van der Waals surface area contributed by atoms with Crippen LogP contribution in [0.2, 0.25) is 0 Å². The summed E-state index contributed by atoms with van der Waals surface area (Å²) in [6.45, 7) is 3.84. The van der Waals surface area contributed by atoms with Crippen LogP contribution in [0.4, 0.5) is 0 Å². The van der Waals surface area contributed by atoms with Gasteiger partial charge in [-0.25, -0.2) is 8.42 Å². The van der Waals surface area contributed by atoms with Crippen LogP contribution in [-0.2, 0) is 10.7 Å². The van der Waals surface area contributed by atoms with E-state index in [9.17, 15) is 8.42 Å². The predicted octanol–water partition coefficient (Wildman–Crippen LogP) is -1.02. The van der Waals surface area contributed by atoms with Crippen molar-refractivity contribution in [3.63, 3.8) is 0 Å². The van der Waals surface area contributed by atoms with Crippen LogP contribution in [-0.4, -0.2) is 20.8 Å². The molecule has 0 bridgehead atoms. The highest BCUT2D eigenvalue weighted by Gasteiger charge is 1.78. The van der Waals surface area contributed by atoms with Crippen molar-refractivity contribution >= 4 is 10.7 Å². The molecule has 0 aliphatic heterocycles. The van der Waals surface area contributed by atoms with E-state index < -0.39 is 10.7 Å². The van der Waals surface area contributed by atoms with Crippen LogP contribution in [0.15, 0.2) is 0 Å². The first-order chi connectivity index (χ1) is 3.27. The normalized spacial score (nSPS) is 10.0. The molecule has 0 aromatic heterocycles. The lowest BCUT2D eigenvalue weighted by molar-refractivity contribution is 0.609. The van der Waals surface area contributed by atoms with Gasteiger partial charge >= 0.3 is 0 Å². The molecule has 3 nitrogen and oxygen atoms in total. The van der Waals surface area contributed by atoms with E-state index in [1.807, 2.05) is 0 Å². The van der Waals surface area contributed by atoms with Gasteiger partial charge in [0.25, 0.3) is 0 Å². The van der Waals surface area contributed by atoms with Crippen molar-refractivity contribution in [2.24, 2.45) is 0 Å². The van der Waals surface area contributed by atoms with Gasteiger partial charge in [0.2, 0.25) is 0 Å². The molecule has 0 saturated carbocycles. The molecule has 0 rings (SSSR count). The third-order valence-electron chi connectivity index (χ3n) is 0.418. The van der Waals surface area contributed by atoms with Crippen LogP contribution in [0.1, 0.15) is 0 Å². The smallest absolute Gasteiger partial charge is 0.153 e. The largest absolute Gasteiger partial charge is 0.304 e. The molecule has 1 N–H and O–H groups in total. The minimum Gasteiger partial charge on any atom is -0.304 e.